The standard InChI is InChI=1S/C17H20FN3O3/c18-13-4-2-1-3-12(13)15-10-21-17(24-15)6-5-16(23)20-8-11-7-19-9-14(11)22/h1-4,10-11,14,19,22H,5-9H2,(H,20,23). The second-order valence-electron chi connectivity index (χ2n) is 5.89. The number of β-amino-alcohol motifs (C(OH)–C–C–N with tert-alkyl or cyclic N) is 1. The summed E-state index contributed by atoms with van der Waals surface area (Å²) in [4.78, 5) is 16.0. The first-order valence-corrected chi connectivity index (χ1v) is 7.98. The minimum atomic E-state index is -0.416. The average Bonchev–Trinajstić information content (AvgIpc) is 3.20. The highest BCUT2D eigenvalue weighted by Gasteiger charge is 2.25. The minimum absolute atomic E-state index is 0.0448. The van der Waals surface area contributed by atoms with E-state index in [4.69, 9.17) is 4.42 Å². The molecule has 1 saturated heterocycles. The third-order valence-corrected chi connectivity index (χ3v) is 4.12. The zero-order valence-electron chi connectivity index (χ0n) is 13.2. The van der Waals surface area contributed by atoms with Crippen LogP contribution in [0, 0.1) is 11.7 Å². The molecule has 0 spiro atoms. The van der Waals surface area contributed by atoms with Gasteiger partial charge in [-0.05, 0) is 12.1 Å². The van der Waals surface area contributed by atoms with E-state index in [-0.39, 0.29) is 24.1 Å². The topological polar surface area (TPSA) is 87.4 Å². The molecule has 2 aromatic rings. The van der Waals surface area contributed by atoms with Crippen LogP contribution in [-0.4, -0.2) is 41.7 Å². The van der Waals surface area contributed by atoms with Gasteiger partial charge in [-0.25, -0.2) is 9.37 Å². The van der Waals surface area contributed by atoms with Crippen LogP contribution in [0.15, 0.2) is 34.9 Å². The Labute approximate surface area is 139 Å². The van der Waals surface area contributed by atoms with Crippen molar-refractivity contribution in [3.8, 4) is 11.3 Å². The van der Waals surface area contributed by atoms with Crippen LogP contribution in [0.4, 0.5) is 4.39 Å². The number of hydrogen-bond acceptors (Lipinski definition) is 5. The van der Waals surface area contributed by atoms with Gasteiger partial charge in [0.15, 0.2) is 11.7 Å². The van der Waals surface area contributed by atoms with Gasteiger partial charge in [-0.15, -0.1) is 0 Å². The fourth-order valence-corrected chi connectivity index (χ4v) is 2.69. The molecule has 0 aliphatic carbocycles. The Morgan fingerprint density at radius 1 is 1.42 bits per heavy atom. The van der Waals surface area contributed by atoms with Crippen molar-refractivity contribution >= 4 is 5.91 Å². The molecule has 7 heteroatoms. The Kier molecular flexibility index (Phi) is 5.22. The van der Waals surface area contributed by atoms with Gasteiger partial charge in [0.2, 0.25) is 5.91 Å². The lowest BCUT2D eigenvalue weighted by molar-refractivity contribution is -0.121. The summed E-state index contributed by atoms with van der Waals surface area (Å²) in [6.07, 6.45) is 1.62. The number of oxazole rings is 1. The van der Waals surface area contributed by atoms with Gasteiger partial charge in [-0.3, -0.25) is 4.79 Å². The van der Waals surface area contributed by atoms with Crippen LogP contribution < -0.4 is 10.6 Å². The molecule has 24 heavy (non-hydrogen) atoms. The van der Waals surface area contributed by atoms with Gasteiger partial charge in [0.25, 0.3) is 0 Å². The SMILES string of the molecule is O=C(CCc1ncc(-c2ccccc2F)o1)NCC1CNCC1O. The Hall–Kier alpha value is -2.25. The zero-order chi connectivity index (χ0) is 16.9. The Bertz CT molecular complexity index is 704. The normalized spacial score (nSPS) is 20.2. The molecule has 2 unspecified atom stereocenters. The molecular formula is C17H20FN3O3. The molecule has 1 aliphatic rings. The first kappa shape index (κ1) is 16.6. The second-order valence-corrected chi connectivity index (χ2v) is 5.89. The molecule has 128 valence electrons. The van der Waals surface area contributed by atoms with Gasteiger partial charge in [0.05, 0.1) is 17.9 Å². The summed E-state index contributed by atoms with van der Waals surface area (Å²) in [5.41, 5.74) is 0.350. The van der Waals surface area contributed by atoms with Gasteiger partial charge in [0.1, 0.15) is 5.82 Å². The van der Waals surface area contributed by atoms with Crippen LogP contribution >= 0.6 is 0 Å². The maximum Gasteiger partial charge on any atom is 0.220 e. The third-order valence-electron chi connectivity index (χ3n) is 4.12. The van der Waals surface area contributed by atoms with Crippen molar-refractivity contribution in [2.45, 2.75) is 18.9 Å². The van der Waals surface area contributed by atoms with E-state index in [9.17, 15) is 14.3 Å². The zero-order valence-corrected chi connectivity index (χ0v) is 13.2. The summed E-state index contributed by atoms with van der Waals surface area (Å²) >= 11 is 0. The number of aromatic nitrogens is 1. The third kappa shape index (κ3) is 3.98. The minimum Gasteiger partial charge on any atom is -0.441 e. The van der Waals surface area contributed by atoms with Crippen molar-refractivity contribution in [1.82, 2.24) is 15.6 Å². The Morgan fingerprint density at radius 3 is 3.00 bits per heavy atom. The highest BCUT2D eigenvalue weighted by atomic mass is 19.1. The van der Waals surface area contributed by atoms with Gasteiger partial charge in [-0.1, -0.05) is 12.1 Å². The maximum atomic E-state index is 13.7. The number of rotatable bonds is 6. The molecule has 0 bridgehead atoms. The van der Waals surface area contributed by atoms with Crippen molar-refractivity contribution in [2.24, 2.45) is 5.92 Å². The lowest BCUT2D eigenvalue weighted by atomic mass is 10.1. The predicted octanol–water partition coefficient (Wildman–Crippen LogP) is 1.11. The van der Waals surface area contributed by atoms with Crippen LogP contribution in [0.3, 0.4) is 0 Å². The number of carbonyl (C=O) groups excluding carboxylic acids is 1. The van der Waals surface area contributed by atoms with Crippen LogP contribution in [-0.2, 0) is 11.2 Å². The largest absolute Gasteiger partial charge is 0.441 e. The van der Waals surface area contributed by atoms with E-state index in [1.165, 1.54) is 12.3 Å². The van der Waals surface area contributed by atoms with Gasteiger partial charge < -0.3 is 20.2 Å². The monoisotopic (exact) mass is 333 g/mol. The quantitative estimate of drug-likeness (QED) is 0.737. The summed E-state index contributed by atoms with van der Waals surface area (Å²) in [6.45, 7) is 1.71. The summed E-state index contributed by atoms with van der Waals surface area (Å²) in [5.74, 6) is 0.291. The molecule has 2 heterocycles. The molecule has 1 aliphatic heterocycles. The van der Waals surface area contributed by atoms with Gasteiger partial charge in [0, 0.05) is 38.4 Å². The van der Waals surface area contributed by atoms with Crippen molar-refractivity contribution in [3.63, 3.8) is 0 Å². The molecule has 1 amide bonds. The summed E-state index contributed by atoms with van der Waals surface area (Å²) < 4.78 is 19.2. The number of hydrogen-bond donors (Lipinski definition) is 3. The summed E-state index contributed by atoms with van der Waals surface area (Å²) in [5, 5.41) is 15.5. The number of nitrogens with zero attached hydrogens (tertiary/aromatic N) is 1. The van der Waals surface area contributed by atoms with E-state index in [0.717, 1.165) is 0 Å². The fourth-order valence-electron chi connectivity index (χ4n) is 2.69. The highest BCUT2D eigenvalue weighted by molar-refractivity contribution is 5.76. The predicted molar refractivity (Wildman–Crippen MR) is 85.6 cm³/mol. The van der Waals surface area contributed by atoms with E-state index < -0.39 is 6.10 Å². The maximum absolute atomic E-state index is 13.7. The first-order chi connectivity index (χ1) is 11.6. The molecular weight excluding hydrogens is 313 g/mol. The highest BCUT2D eigenvalue weighted by Crippen LogP contribution is 2.23. The Balaban J connectivity index is 1.48. The summed E-state index contributed by atoms with van der Waals surface area (Å²) in [6, 6.07) is 6.31. The molecule has 3 N–H and O–H groups in total. The molecule has 1 aromatic carbocycles. The number of benzene rings is 1. The first-order valence-electron chi connectivity index (χ1n) is 7.98. The van der Waals surface area contributed by atoms with Crippen molar-refractivity contribution < 1.29 is 18.7 Å². The summed E-state index contributed by atoms with van der Waals surface area (Å²) in [7, 11) is 0. The Morgan fingerprint density at radius 2 is 2.25 bits per heavy atom. The van der Waals surface area contributed by atoms with Crippen LogP contribution in [0.1, 0.15) is 12.3 Å². The molecule has 3 rings (SSSR count). The molecule has 2 atom stereocenters. The lowest BCUT2D eigenvalue weighted by Gasteiger charge is -2.13. The van der Waals surface area contributed by atoms with Crippen LogP contribution in [0.2, 0.25) is 0 Å². The fraction of sp³-hybridized carbons (Fsp3) is 0.412. The molecule has 0 saturated carbocycles. The lowest BCUT2D eigenvalue weighted by Crippen LogP contribution is -2.34. The molecule has 1 aromatic heterocycles. The number of aryl methyl sites for hydroxylation is 1. The van der Waals surface area contributed by atoms with Crippen LogP contribution in [0.25, 0.3) is 11.3 Å². The number of nitrogens with one attached hydrogen (secondary N) is 2. The number of halogens is 1. The van der Waals surface area contributed by atoms with Gasteiger partial charge >= 0.3 is 0 Å². The van der Waals surface area contributed by atoms with Crippen molar-refractivity contribution in [3.05, 3.63) is 42.2 Å². The molecule has 0 radical (unpaired) electrons. The van der Waals surface area contributed by atoms with Crippen molar-refractivity contribution in [2.75, 3.05) is 19.6 Å². The van der Waals surface area contributed by atoms with Gasteiger partial charge in [-0.2, -0.15) is 0 Å². The van der Waals surface area contributed by atoms with E-state index in [0.29, 0.717) is 43.3 Å². The second kappa shape index (κ2) is 7.55. The molecule has 1 fully saturated rings. The van der Waals surface area contributed by atoms with Crippen LogP contribution in [0.5, 0.6) is 0 Å². The van der Waals surface area contributed by atoms with E-state index in [1.54, 1.807) is 18.2 Å². The number of carbonyl (C=O) groups is 1. The van der Waals surface area contributed by atoms with E-state index in [2.05, 4.69) is 15.6 Å². The van der Waals surface area contributed by atoms with Crippen molar-refractivity contribution in [1.29, 1.82) is 0 Å². The number of aliphatic hydroxyl groups is 1. The molecule has 6 nitrogen and oxygen atoms in total. The number of amides is 1. The average molecular weight is 333 g/mol. The smallest absolute Gasteiger partial charge is 0.220 e. The number of aliphatic hydroxyl groups excluding tert-OH is 1. The van der Waals surface area contributed by atoms with E-state index in [1.807, 2.05) is 0 Å². The van der Waals surface area contributed by atoms with E-state index >= 15 is 0 Å².